The van der Waals surface area contributed by atoms with Crippen LogP contribution in [0.2, 0.25) is 0 Å². The third-order valence-corrected chi connectivity index (χ3v) is 6.98. The molecule has 1 amide bonds. The van der Waals surface area contributed by atoms with Gasteiger partial charge in [0.2, 0.25) is 5.91 Å². The zero-order chi connectivity index (χ0) is 19.0. The Morgan fingerprint density at radius 2 is 2.19 bits per heavy atom. The van der Waals surface area contributed by atoms with Crippen LogP contribution in [-0.2, 0) is 17.6 Å². The Labute approximate surface area is 166 Å². The maximum absolute atomic E-state index is 12.4. The van der Waals surface area contributed by atoms with Crippen LogP contribution >= 0.6 is 23.1 Å². The number of thioether (sulfide) groups is 1. The van der Waals surface area contributed by atoms with Crippen LogP contribution in [0.3, 0.4) is 0 Å². The molecule has 6 heteroatoms. The van der Waals surface area contributed by atoms with Crippen LogP contribution in [0.1, 0.15) is 33.6 Å². The van der Waals surface area contributed by atoms with Gasteiger partial charge >= 0.3 is 0 Å². The fourth-order valence-corrected chi connectivity index (χ4v) is 5.54. The average Bonchev–Trinajstić information content (AvgIpc) is 3.21. The van der Waals surface area contributed by atoms with Crippen LogP contribution < -0.4 is 5.32 Å². The van der Waals surface area contributed by atoms with Crippen LogP contribution in [0.25, 0.3) is 10.9 Å². The first-order valence-corrected chi connectivity index (χ1v) is 10.7. The lowest BCUT2D eigenvalue weighted by Crippen LogP contribution is -2.14. The number of benzene rings is 1. The van der Waals surface area contributed by atoms with E-state index in [1.807, 2.05) is 12.1 Å². The molecule has 4 rings (SSSR count). The summed E-state index contributed by atoms with van der Waals surface area (Å²) in [5.41, 5.74) is 5.07. The number of para-hydroxylation sites is 1. The molecule has 0 bridgehead atoms. The van der Waals surface area contributed by atoms with E-state index in [0.29, 0.717) is 10.6 Å². The van der Waals surface area contributed by atoms with Crippen molar-refractivity contribution in [3.05, 3.63) is 51.4 Å². The van der Waals surface area contributed by atoms with Gasteiger partial charge in [-0.15, -0.1) is 11.3 Å². The molecule has 3 aromatic rings. The molecule has 0 fully saturated rings. The van der Waals surface area contributed by atoms with Crippen LogP contribution in [0.15, 0.2) is 29.3 Å². The van der Waals surface area contributed by atoms with Crippen molar-refractivity contribution in [1.29, 1.82) is 5.26 Å². The van der Waals surface area contributed by atoms with Crippen LogP contribution in [0.4, 0.5) is 5.00 Å². The quantitative estimate of drug-likeness (QED) is 0.633. The number of carbonyl (C=O) groups is 1. The molecule has 136 valence electrons. The van der Waals surface area contributed by atoms with E-state index in [1.54, 1.807) is 11.3 Å². The molecule has 2 heterocycles. The molecule has 0 saturated heterocycles. The molecular formula is C21H19N3OS2. The molecule has 0 saturated carbocycles. The summed E-state index contributed by atoms with van der Waals surface area (Å²) < 4.78 is 0. The highest BCUT2D eigenvalue weighted by molar-refractivity contribution is 7.99. The number of nitriles is 1. The molecule has 1 aliphatic carbocycles. The number of amides is 1. The number of aromatic nitrogens is 1. The van der Waals surface area contributed by atoms with Gasteiger partial charge in [0.15, 0.2) is 0 Å². The van der Waals surface area contributed by atoms with E-state index in [9.17, 15) is 10.1 Å². The minimum Gasteiger partial charge on any atom is -0.316 e. The zero-order valence-corrected chi connectivity index (χ0v) is 16.9. The van der Waals surface area contributed by atoms with Crippen molar-refractivity contribution in [1.82, 2.24) is 4.98 Å². The summed E-state index contributed by atoms with van der Waals surface area (Å²) in [5.74, 6) is 0.179. The van der Waals surface area contributed by atoms with Gasteiger partial charge in [0.1, 0.15) is 11.1 Å². The number of pyridine rings is 1. The SMILES string of the molecule is Cc1cc(SCC(=O)Nc2sc3c(c2C#N)CCC3)nc2c(C)cccc12. The van der Waals surface area contributed by atoms with E-state index >= 15 is 0 Å². The third kappa shape index (κ3) is 3.45. The second-order valence-electron chi connectivity index (χ2n) is 6.76. The summed E-state index contributed by atoms with van der Waals surface area (Å²) in [4.78, 5) is 18.4. The average molecular weight is 394 g/mol. The standard InChI is InChI=1S/C21H19N3OS2/c1-12-5-3-6-14-13(2)9-19(24-20(12)14)26-11-18(25)23-21-16(10-22)15-7-4-8-17(15)27-21/h3,5-6,9H,4,7-8,11H2,1-2H3,(H,23,25). The first-order chi connectivity index (χ1) is 13.1. The van der Waals surface area contributed by atoms with E-state index in [-0.39, 0.29) is 11.7 Å². The second-order valence-corrected chi connectivity index (χ2v) is 8.86. The molecule has 0 unspecified atom stereocenters. The van der Waals surface area contributed by atoms with Crippen molar-refractivity contribution in [2.45, 2.75) is 38.1 Å². The van der Waals surface area contributed by atoms with Gasteiger partial charge in [-0.3, -0.25) is 4.79 Å². The van der Waals surface area contributed by atoms with Gasteiger partial charge in [-0.05, 0) is 55.9 Å². The molecule has 2 aromatic heterocycles. The highest BCUT2D eigenvalue weighted by Crippen LogP contribution is 2.38. The van der Waals surface area contributed by atoms with Gasteiger partial charge in [0.05, 0.1) is 21.9 Å². The normalized spacial score (nSPS) is 12.8. The number of carbonyl (C=O) groups excluding carboxylic acids is 1. The highest BCUT2D eigenvalue weighted by atomic mass is 32.2. The molecule has 1 N–H and O–H groups in total. The minimum absolute atomic E-state index is 0.0965. The number of nitrogens with one attached hydrogen (secondary N) is 1. The van der Waals surface area contributed by atoms with E-state index in [2.05, 4.69) is 37.4 Å². The number of aryl methyl sites for hydroxylation is 3. The molecule has 1 aliphatic rings. The van der Waals surface area contributed by atoms with Gasteiger partial charge < -0.3 is 5.32 Å². The Hall–Kier alpha value is -2.36. The topological polar surface area (TPSA) is 65.8 Å². The number of anilines is 1. The lowest BCUT2D eigenvalue weighted by atomic mass is 10.1. The molecule has 0 aliphatic heterocycles. The van der Waals surface area contributed by atoms with Crippen molar-refractivity contribution in [3.8, 4) is 6.07 Å². The van der Waals surface area contributed by atoms with Gasteiger partial charge in [-0.25, -0.2) is 4.98 Å². The minimum atomic E-state index is -0.0965. The fraction of sp³-hybridized carbons (Fsp3) is 0.286. The van der Waals surface area contributed by atoms with Crippen molar-refractivity contribution >= 4 is 44.9 Å². The number of rotatable bonds is 4. The molecule has 0 atom stereocenters. The molecule has 4 nitrogen and oxygen atoms in total. The molecule has 0 spiro atoms. The number of fused-ring (bicyclic) bond motifs is 2. The van der Waals surface area contributed by atoms with Crippen molar-refractivity contribution in [2.24, 2.45) is 0 Å². The summed E-state index contributed by atoms with van der Waals surface area (Å²) in [5, 5.41) is 15.1. The van der Waals surface area contributed by atoms with Gasteiger partial charge in [0.25, 0.3) is 0 Å². The predicted octanol–water partition coefficient (Wildman–Crippen LogP) is 5.00. The highest BCUT2D eigenvalue weighted by Gasteiger charge is 2.23. The fourth-order valence-electron chi connectivity index (χ4n) is 3.52. The van der Waals surface area contributed by atoms with Crippen molar-refractivity contribution < 1.29 is 4.79 Å². The van der Waals surface area contributed by atoms with Gasteiger partial charge in [-0.2, -0.15) is 5.26 Å². The Morgan fingerprint density at radius 3 is 3.00 bits per heavy atom. The maximum atomic E-state index is 12.4. The zero-order valence-electron chi connectivity index (χ0n) is 15.3. The van der Waals surface area contributed by atoms with Gasteiger partial charge in [0, 0.05) is 10.3 Å². The Kier molecular flexibility index (Phi) is 4.90. The van der Waals surface area contributed by atoms with E-state index in [1.165, 1.54) is 16.6 Å². The summed E-state index contributed by atoms with van der Waals surface area (Å²) in [6, 6.07) is 10.5. The Balaban J connectivity index is 1.48. The Bertz CT molecular complexity index is 1090. The summed E-state index contributed by atoms with van der Waals surface area (Å²) in [6.45, 7) is 4.12. The summed E-state index contributed by atoms with van der Waals surface area (Å²) in [7, 11) is 0. The number of hydrogen-bond acceptors (Lipinski definition) is 5. The van der Waals surface area contributed by atoms with Crippen molar-refractivity contribution in [3.63, 3.8) is 0 Å². The Morgan fingerprint density at radius 1 is 1.33 bits per heavy atom. The van der Waals surface area contributed by atoms with E-state index < -0.39 is 0 Å². The first kappa shape index (κ1) is 18.0. The predicted molar refractivity (Wildman–Crippen MR) is 112 cm³/mol. The number of nitrogens with zero attached hydrogens (tertiary/aromatic N) is 2. The van der Waals surface area contributed by atoms with E-state index in [4.69, 9.17) is 4.98 Å². The van der Waals surface area contributed by atoms with Gasteiger partial charge in [-0.1, -0.05) is 30.0 Å². The maximum Gasteiger partial charge on any atom is 0.235 e. The summed E-state index contributed by atoms with van der Waals surface area (Å²) >= 11 is 2.98. The number of hydrogen-bond donors (Lipinski definition) is 1. The third-order valence-electron chi connectivity index (χ3n) is 4.86. The first-order valence-electron chi connectivity index (χ1n) is 8.91. The number of thiophene rings is 1. The largest absolute Gasteiger partial charge is 0.316 e. The lowest BCUT2D eigenvalue weighted by molar-refractivity contribution is -0.113. The molecule has 27 heavy (non-hydrogen) atoms. The second kappa shape index (κ2) is 7.34. The lowest BCUT2D eigenvalue weighted by Gasteiger charge is -2.08. The molecular weight excluding hydrogens is 374 g/mol. The monoisotopic (exact) mass is 393 g/mol. The van der Waals surface area contributed by atoms with E-state index in [0.717, 1.165) is 51.9 Å². The summed E-state index contributed by atoms with van der Waals surface area (Å²) in [6.07, 6.45) is 3.06. The van der Waals surface area contributed by atoms with Crippen LogP contribution in [0, 0.1) is 25.2 Å². The van der Waals surface area contributed by atoms with Crippen molar-refractivity contribution in [2.75, 3.05) is 11.1 Å². The molecule has 1 aromatic carbocycles. The van der Waals surface area contributed by atoms with Crippen LogP contribution in [-0.4, -0.2) is 16.6 Å². The molecule has 0 radical (unpaired) electrons. The van der Waals surface area contributed by atoms with Crippen LogP contribution in [0.5, 0.6) is 0 Å². The smallest absolute Gasteiger partial charge is 0.235 e.